The zero-order valence-electron chi connectivity index (χ0n) is 11.1. The molecule has 96 valence electrons. The highest BCUT2D eigenvalue weighted by atomic mass is 14.9. The van der Waals surface area contributed by atoms with Crippen LogP contribution in [0.15, 0.2) is 24.5 Å². The van der Waals surface area contributed by atoms with E-state index in [0.29, 0.717) is 6.04 Å². The molecule has 2 N–H and O–H groups in total. The smallest absolute Gasteiger partial charge is 0.0299 e. The molecular formula is C14H25N3. The van der Waals surface area contributed by atoms with E-state index in [4.69, 9.17) is 0 Å². The predicted molar refractivity (Wildman–Crippen MR) is 73.2 cm³/mol. The molecule has 0 aromatic carbocycles. The van der Waals surface area contributed by atoms with Gasteiger partial charge in [0.15, 0.2) is 0 Å². The first-order valence-corrected chi connectivity index (χ1v) is 6.62. The van der Waals surface area contributed by atoms with Crippen LogP contribution in [0.2, 0.25) is 0 Å². The van der Waals surface area contributed by atoms with Gasteiger partial charge >= 0.3 is 0 Å². The number of rotatable bonds is 9. The summed E-state index contributed by atoms with van der Waals surface area (Å²) < 4.78 is 0. The van der Waals surface area contributed by atoms with Gasteiger partial charge in [-0.2, -0.15) is 0 Å². The number of aromatic nitrogens is 1. The Balaban J connectivity index is 1.88. The van der Waals surface area contributed by atoms with Gasteiger partial charge in [-0.1, -0.05) is 19.9 Å². The molecule has 3 heteroatoms. The van der Waals surface area contributed by atoms with E-state index in [1.54, 1.807) is 0 Å². The fourth-order valence-electron chi connectivity index (χ4n) is 1.69. The zero-order valence-corrected chi connectivity index (χ0v) is 11.1. The largest absolute Gasteiger partial charge is 0.317 e. The second-order valence-electron chi connectivity index (χ2n) is 4.68. The topological polar surface area (TPSA) is 37.0 Å². The van der Waals surface area contributed by atoms with Crippen molar-refractivity contribution in [2.24, 2.45) is 0 Å². The summed E-state index contributed by atoms with van der Waals surface area (Å²) >= 11 is 0. The molecule has 1 aromatic heterocycles. The minimum absolute atomic E-state index is 0.598. The molecule has 0 spiro atoms. The monoisotopic (exact) mass is 235 g/mol. The Hall–Kier alpha value is -0.930. The van der Waals surface area contributed by atoms with Gasteiger partial charge in [-0.25, -0.2) is 0 Å². The van der Waals surface area contributed by atoms with E-state index >= 15 is 0 Å². The van der Waals surface area contributed by atoms with Crippen LogP contribution >= 0.6 is 0 Å². The second kappa shape index (κ2) is 9.14. The molecule has 0 radical (unpaired) electrons. The van der Waals surface area contributed by atoms with Crippen LogP contribution in [0.3, 0.4) is 0 Å². The molecule has 0 atom stereocenters. The van der Waals surface area contributed by atoms with Crippen LogP contribution in [0.5, 0.6) is 0 Å². The van der Waals surface area contributed by atoms with Gasteiger partial charge in [-0.15, -0.1) is 0 Å². The average molecular weight is 235 g/mol. The molecule has 3 nitrogen and oxygen atoms in total. The van der Waals surface area contributed by atoms with Gasteiger partial charge in [0.2, 0.25) is 0 Å². The maximum atomic E-state index is 4.11. The number of pyridine rings is 1. The van der Waals surface area contributed by atoms with E-state index < -0.39 is 0 Å². The highest BCUT2D eigenvalue weighted by Gasteiger charge is 1.94. The average Bonchev–Trinajstić information content (AvgIpc) is 2.33. The number of hydrogen-bond acceptors (Lipinski definition) is 3. The Kier molecular flexibility index (Phi) is 7.60. The highest BCUT2D eigenvalue weighted by molar-refractivity contribution is 5.08. The van der Waals surface area contributed by atoms with Crippen LogP contribution in [0, 0.1) is 0 Å². The SMILES string of the molecule is CC(C)NCCCNCCCc1cccnc1. The van der Waals surface area contributed by atoms with Gasteiger partial charge in [0.1, 0.15) is 0 Å². The first kappa shape index (κ1) is 14.1. The fourth-order valence-corrected chi connectivity index (χ4v) is 1.69. The molecule has 0 saturated carbocycles. The van der Waals surface area contributed by atoms with Crippen molar-refractivity contribution >= 4 is 0 Å². The third-order valence-electron chi connectivity index (χ3n) is 2.62. The molecule has 0 saturated heterocycles. The summed E-state index contributed by atoms with van der Waals surface area (Å²) in [5.74, 6) is 0. The minimum Gasteiger partial charge on any atom is -0.317 e. The third kappa shape index (κ3) is 7.88. The standard InChI is InChI=1S/C14H25N3/c1-13(2)17-11-5-10-15-8-3-6-14-7-4-9-16-12-14/h4,7,9,12-13,15,17H,3,5-6,8,10-11H2,1-2H3. The molecule has 17 heavy (non-hydrogen) atoms. The normalized spacial score (nSPS) is 11.0. The van der Waals surface area contributed by atoms with Crippen molar-refractivity contribution in [3.63, 3.8) is 0 Å². The Morgan fingerprint density at radius 1 is 1.18 bits per heavy atom. The highest BCUT2D eigenvalue weighted by Crippen LogP contribution is 1.98. The number of aryl methyl sites for hydroxylation is 1. The van der Waals surface area contributed by atoms with Crippen molar-refractivity contribution in [3.8, 4) is 0 Å². The van der Waals surface area contributed by atoms with Gasteiger partial charge in [-0.3, -0.25) is 4.98 Å². The van der Waals surface area contributed by atoms with Crippen LogP contribution in [0.4, 0.5) is 0 Å². The molecule has 0 amide bonds. The summed E-state index contributed by atoms with van der Waals surface area (Å²) in [6.45, 7) is 7.67. The van der Waals surface area contributed by atoms with Crippen molar-refractivity contribution in [1.82, 2.24) is 15.6 Å². The molecule has 0 bridgehead atoms. The summed E-state index contributed by atoms with van der Waals surface area (Å²) in [6.07, 6.45) is 7.27. The first-order valence-electron chi connectivity index (χ1n) is 6.62. The van der Waals surface area contributed by atoms with Gasteiger partial charge in [-0.05, 0) is 50.5 Å². The quantitative estimate of drug-likeness (QED) is 0.643. The van der Waals surface area contributed by atoms with Crippen molar-refractivity contribution in [2.45, 2.75) is 39.2 Å². The number of nitrogens with one attached hydrogen (secondary N) is 2. The van der Waals surface area contributed by atoms with Crippen molar-refractivity contribution < 1.29 is 0 Å². The third-order valence-corrected chi connectivity index (χ3v) is 2.62. The van der Waals surface area contributed by atoms with Crippen LogP contribution in [0.1, 0.15) is 32.3 Å². The summed E-state index contributed by atoms with van der Waals surface area (Å²) in [5, 5.41) is 6.88. The molecule has 1 heterocycles. The fraction of sp³-hybridized carbons (Fsp3) is 0.643. The van der Waals surface area contributed by atoms with Crippen molar-refractivity contribution in [3.05, 3.63) is 30.1 Å². The molecule has 1 aromatic rings. The number of hydrogen-bond donors (Lipinski definition) is 2. The van der Waals surface area contributed by atoms with Gasteiger partial charge in [0, 0.05) is 18.4 Å². The Morgan fingerprint density at radius 2 is 2.00 bits per heavy atom. The van der Waals surface area contributed by atoms with Crippen LogP contribution < -0.4 is 10.6 Å². The summed E-state index contributed by atoms with van der Waals surface area (Å²) in [5.41, 5.74) is 1.33. The van der Waals surface area contributed by atoms with Gasteiger partial charge < -0.3 is 10.6 Å². The van der Waals surface area contributed by atoms with E-state index in [1.165, 1.54) is 18.4 Å². The van der Waals surface area contributed by atoms with E-state index in [2.05, 4.69) is 35.5 Å². The van der Waals surface area contributed by atoms with E-state index in [0.717, 1.165) is 26.1 Å². The Bertz CT molecular complexity index is 272. The summed E-state index contributed by atoms with van der Waals surface area (Å²) in [7, 11) is 0. The molecular weight excluding hydrogens is 210 g/mol. The van der Waals surface area contributed by atoms with E-state index in [1.807, 2.05) is 18.5 Å². The minimum atomic E-state index is 0.598. The molecule has 0 fully saturated rings. The number of nitrogens with zero attached hydrogens (tertiary/aromatic N) is 1. The lowest BCUT2D eigenvalue weighted by atomic mass is 10.1. The summed E-state index contributed by atoms with van der Waals surface area (Å²) in [4.78, 5) is 4.11. The van der Waals surface area contributed by atoms with Crippen molar-refractivity contribution in [1.29, 1.82) is 0 Å². The predicted octanol–water partition coefficient (Wildman–Crippen LogP) is 1.99. The van der Waals surface area contributed by atoms with Gasteiger partial charge in [0.25, 0.3) is 0 Å². The lowest BCUT2D eigenvalue weighted by Gasteiger charge is -2.08. The molecule has 0 unspecified atom stereocenters. The maximum absolute atomic E-state index is 4.11. The maximum Gasteiger partial charge on any atom is 0.0299 e. The van der Waals surface area contributed by atoms with E-state index in [-0.39, 0.29) is 0 Å². The van der Waals surface area contributed by atoms with Crippen LogP contribution in [-0.2, 0) is 6.42 Å². The lowest BCUT2D eigenvalue weighted by Crippen LogP contribution is -2.27. The zero-order chi connectivity index (χ0) is 12.3. The van der Waals surface area contributed by atoms with Crippen LogP contribution in [0.25, 0.3) is 0 Å². The molecule has 0 aliphatic carbocycles. The molecule has 1 rings (SSSR count). The molecule has 0 aliphatic heterocycles. The van der Waals surface area contributed by atoms with Crippen molar-refractivity contribution in [2.75, 3.05) is 19.6 Å². The van der Waals surface area contributed by atoms with Crippen LogP contribution in [-0.4, -0.2) is 30.7 Å². The second-order valence-corrected chi connectivity index (χ2v) is 4.68. The lowest BCUT2D eigenvalue weighted by molar-refractivity contribution is 0.544. The van der Waals surface area contributed by atoms with Gasteiger partial charge in [0.05, 0.1) is 0 Å². The molecule has 0 aliphatic rings. The summed E-state index contributed by atoms with van der Waals surface area (Å²) in [6, 6.07) is 4.74. The van der Waals surface area contributed by atoms with E-state index in [9.17, 15) is 0 Å². The first-order chi connectivity index (χ1) is 8.29. The Morgan fingerprint density at radius 3 is 2.71 bits per heavy atom. The Labute approximate surface area is 105 Å².